The van der Waals surface area contributed by atoms with Crippen LogP contribution in [-0.2, 0) is 0 Å². The Bertz CT molecular complexity index is 668. The van der Waals surface area contributed by atoms with Gasteiger partial charge in [-0.05, 0) is 46.5 Å². The van der Waals surface area contributed by atoms with Crippen molar-refractivity contribution in [3.63, 3.8) is 0 Å². The fraction of sp³-hybridized carbons (Fsp3) is 0. The first kappa shape index (κ1) is 12.8. The largest absolute Gasteiger partial charge is 0.508 e. The molecule has 3 rings (SSSR count). The van der Waals surface area contributed by atoms with E-state index in [1.807, 2.05) is 48.5 Å². The van der Waals surface area contributed by atoms with Crippen LogP contribution in [0.25, 0.3) is 22.3 Å². The highest BCUT2D eigenvalue weighted by molar-refractivity contribution is 6.30. The number of rotatable bonds is 2. The zero-order chi connectivity index (χ0) is 13.9. The Labute approximate surface area is 123 Å². The van der Waals surface area contributed by atoms with Crippen molar-refractivity contribution in [1.82, 2.24) is 0 Å². The van der Waals surface area contributed by atoms with Crippen LogP contribution in [0.2, 0.25) is 5.02 Å². The fourth-order valence-corrected chi connectivity index (χ4v) is 2.40. The summed E-state index contributed by atoms with van der Waals surface area (Å²) in [4.78, 5) is 0. The lowest BCUT2D eigenvalue weighted by Gasteiger charge is -2.06. The predicted molar refractivity (Wildman–Crippen MR) is 84.0 cm³/mol. The third kappa shape index (κ3) is 2.68. The van der Waals surface area contributed by atoms with Crippen LogP contribution < -0.4 is 0 Å². The molecule has 0 bridgehead atoms. The number of phenols is 1. The molecule has 3 aromatic carbocycles. The first-order valence-electron chi connectivity index (χ1n) is 6.38. The minimum atomic E-state index is 0.279. The Hall–Kier alpha value is -2.25. The van der Waals surface area contributed by atoms with Crippen LogP contribution >= 0.6 is 11.6 Å². The van der Waals surface area contributed by atoms with Crippen LogP contribution in [0.1, 0.15) is 0 Å². The molecule has 0 amide bonds. The SMILES string of the molecule is Oc1cccc(-c2ccc(-c3cccc(Cl)c3)cc2)c1. The normalized spacial score (nSPS) is 10.4. The Balaban J connectivity index is 1.96. The Morgan fingerprint density at radius 1 is 0.600 bits per heavy atom. The molecule has 1 nitrogen and oxygen atoms in total. The highest BCUT2D eigenvalue weighted by Gasteiger charge is 2.01. The second-order valence-corrected chi connectivity index (χ2v) is 5.07. The molecular weight excluding hydrogens is 268 g/mol. The van der Waals surface area contributed by atoms with Crippen LogP contribution in [0, 0.1) is 0 Å². The standard InChI is InChI=1S/C18H13ClO/c19-17-5-1-3-15(11-17)13-7-9-14(10-8-13)16-4-2-6-18(20)12-16/h1-12,20H. The van der Waals surface area contributed by atoms with Gasteiger partial charge in [-0.15, -0.1) is 0 Å². The van der Waals surface area contributed by atoms with Gasteiger partial charge in [-0.2, -0.15) is 0 Å². The van der Waals surface area contributed by atoms with Crippen LogP contribution in [-0.4, -0.2) is 5.11 Å². The summed E-state index contributed by atoms with van der Waals surface area (Å²) in [7, 11) is 0. The van der Waals surface area contributed by atoms with Crippen molar-refractivity contribution >= 4 is 11.6 Å². The minimum absolute atomic E-state index is 0.279. The molecule has 20 heavy (non-hydrogen) atoms. The third-order valence-corrected chi connectivity index (χ3v) is 3.46. The van der Waals surface area contributed by atoms with Gasteiger partial charge in [-0.3, -0.25) is 0 Å². The average molecular weight is 281 g/mol. The molecule has 98 valence electrons. The van der Waals surface area contributed by atoms with Gasteiger partial charge in [0.1, 0.15) is 5.75 Å². The second-order valence-electron chi connectivity index (χ2n) is 4.64. The molecular formula is C18H13ClO. The molecule has 0 saturated carbocycles. The first-order valence-corrected chi connectivity index (χ1v) is 6.75. The molecule has 0 atom stereocenters. The van der Waals surface area contributed by atoms with Gasteiger partial charge in [0.2, 0.25) is 0 Å². The number of hydrogen-bond acceptors (Lipinski definition) is 1. The van der Waals surface area contributed by atoms with Gasteiger partial charge in [0.15, 0.2) is 0 Å². The monoisotopic (exact) mass is 280 g/mol. The van der Waals surface area contributed by atoms with E-state index in [1.54, 1.807) is 12.1 Å². The summed E-state index contributed by atoms with van der Waals surface area (Å²) in [6, 6.07) is 23.3. The van der Waals surface area contributed by atoms with E-state index < -0.39 is 0 Å². The Morgan fingerprint density at radius 2 is 1.15 bits per heavy atom. The van der Waals surface area contributed by atoms with Crippen molar-refractivity contribution in [3.05, 3.63) is 77.8 Å². The van der Waals surface area contributed by atoms with Crippen molar-refractivity contribution < 1.29 is 5.11 Å². The van der Waals surface area contributed by atoms with E-state index >= 15 is 0 Å². The average Bonchev–Trinajstić information content (AvgIpc) is 2.47. The van der Waals surface area contributed by atoms with Crippen molar-refractivity contribution in [3.8, 4) is 28.0 Å². The Morgan fingerprint density at radius 3 is 1.70 bits per heavy atom. The van der Waals surface area contributed by atoms with Gasteiger partial charge in [0.05, 0.1) is 0 Å². The third-order valence-electron chi connectivity index (χ3n) is 3.22. The number of aromatic hydroxyl groups is 1. The quantitative estimate of drug-likeness (QED) is 0.668. The molecule has 2 heteroatoms. The van der Waals surface area contributed by atoms with Gasteiger partial charge >= 0.3 is 0 Å². The number of phenolic OH excluding ortho intramolecular Hbond substituents is 1. The van der Waals surface area contributed by atoms with E-state index in [0.717, 1.165) is 27.3 Å². The van der Waals surface area contributed by atoms with Crippen molar-refractivity contribution in [2.75, 3.05) is 0 Å². The molecule has 0 aliphatic heterocycles. The van der Waals surface area contributed by atoms with E-state index in [1.165, 1.54) is 0 Å². The van der Waals surface area contributed by atoms with E-state index in [9.17, 15) is 5.11 Å². The Kier molecular flexibility index (Phi) is 3.44. The van der Waals surface area contributed by atoms with Crippen LogP contribution in [0.4, 0.5) is 0 Å². The smallest absolute Gasteiger partial charge is 0.116 e. The van der Waals surface area contributed by atoms with E-state index in [4.69, 9.17) is 11.6 Å². The predicted octanol–water partition coefficient (Wildman–Crippen LogP) is 5.38. The topological polar surface area (TPSA) is 20.2 Å². The van der Waals surface area contributed by atoms with Gasteiger partial charge in [-0.25, -0.2) is 0 Å². The maximum atomic E-state index is 9.52. The number of benzene rings is 3. The minimum Gasteiger partial charge on any atom is -0.508 e. The molecule has 0 radical (unpaired) electrons. The molecule has 0 aromatic heterocycles. The molecule has 0 spiro atoms. The fourth-order valence-electron chi connectivity index (χ4n) is 2.21. The molecule has 0 saturated heterocycles. The van der Waals surface area contributed by atoms with Gasteiger partial charge < -0.3 is 5.11 Å². The molecule has 1 N–H and O–H groups in total. The summed E-state index contributed by atoms with van der Waals surface area (Å²) < 4.78 is 0. The van der Waals surface area contributed by atoms with Crippen molar-refractivity contribution in [2.45, 2.75) is 0 Å². The second kappa shape index (κ2) is 5.40. The van der Waals surface area contributed by atoms with Crippen molar-refractivity contribution in [1.29, 1.82) is 0 Å². The summed E-state index contributed by atoms with van der Waals surface area (Å²) >= 11 is 6.01. The summed E-state index contributed by atoms with van der Waals surface area (Å²) in [5.41, 5.74) is 4.30. The maximum absolute atomic E-state index is 9.52. The molecule has 0 unspecified atom stereocenters. The molecule has 0 aliphatic rings. The molecule has 0 aliphatic carbocycles. The highest BCUT2D eigenvalue weighted by Crippen LogP contribution is 2.27. The summed E-state index contributed by atoms with van der Waals surface area (Å²) in [5.74, 6) is 0.279. The summed E-state index contributed by atoms with van der Waals surface area (Å²) in [5, 5.41) is 10.3. The molecule has 3 aromatic rings. The molecule has 0 heterocycles. The zero-order valence-corrected chi connectivity index (χ0v) is 11.5. The van der Waals surface area contributed by atoms with E-state index in [0.29, 0.717) is 0 Å². The van der Waals surface area contributed by atoms with Gasteiger partial charge in [0, 0.05) is 5.02 Å². The summed E-state index contributed by atoms with van der Waals surface area (Å²) in [6.45, 7) is 0. The van der Waals surface area contributed by atoms with E-state index in [2.05, 4.69) is 12.1 Å². The lowest BCUT2D eigenvalue weighted by atomic mass is 10.0. The first-order chi connectivity index (χ1) is 9.72. The van der Waals surface area contributed by atoms with Gasteiger partial charge in [-0.1, -0.05) is 60.1 Å². The van der Waals surface area contributed by atoms with Crippen LogP contribution in [0.15, 0.2) is 72.8 Å². The lowest BCUT2D eigenvalue weighted by Crippen LogP contribution is -1.80. The van der Waals surface area contributed by atoms with E-state index in [-0.39, 0.29) is 5.75 Å². The summed E-state index contributed by atoms with van der Waals surface area (Å²) in [6.07, 6.45) is 0. The van der Waals surface area contributed by atoms with Gasteiger partial charge in [0.25, 0.3) is 0 Å². The highest BCUT2D eigenvalue weighted by atomic mass is 35.5. The van der Waals surface area contributed by atoms with Crippen LogP contribution in [0.3, 0.4) is 0 Å². The van der Waals surface area contributed by atoms with Crippen molar-refractivity contribution in [2.24, 2.45) is 0 Å². The zero-order valence-electron chi connectivity index (χ0n) is 10.8. The number of hydrogen-bond donors (Lipinski definition) is 1. The molecule has 0 fully saturated rings. The number of halogens is 1. The maximum Gasteiger partial charge on any atom is 0.116 e. The lowest BCUT2D eigenvalue weighted by molar-refractivity contribution is 0.475. The van der Waals surface area contributed by atoms with Crippen LogP contribution in [0.5, 0.6) is 5.75 Å².